The zero-order valence-electron chi connectivity index (χ0n) is 9.53. The summed E-state index contributed by atoms with van der Waals surface area (Å²) in [4.78, 5) is 10.7. The molecule has 0 aliphatic carbocycles. The van der Waals surface area contributed by atoms with Gasteiger partial charge in [0.25, 0.3) is 0 Å². The fourth-order valence-corrected chi connectivity index (χ4v) is 2.80. The zero-order chi connectivity index (χ0) is 11.5. The van der Waals surface area contributed by atoms with Crippen LogP contribution in [0, 0.1) is 0 Å². The van der Waals surface area contributed by atoms with E-state index in [2.05, 4.69) is 6.58 Å². The summed E-state index contributed by atoms with van der Waals surface area (Å²) in [5.74, 6) is -0.344. The Morgan fingerprint density at radius 1 is 1.47 bits per heavy atom. The van der Waals surface area contributed by atoms with E-state index in [1.165, 1.54) is 6.08 Å². The monoisotopic (exact) mass is 232 g/mol. The molecule has 0 aliphatic rings. The highest BCUT2D eigenvalue weighted by Gasteiger charge is 2.04. The van der Waals surface area contributed by atoms with Crippen LogP contribution < -0.4 is 0 Å². The van der Waals surface area contributed by atoms with Gasteiger partial charge in [0.1, 0.15) is 0 Å². The lowest BCUT2D eigenvalue weighted by Gasteiger charge is -2.12. The molecule has 0 heterocycles. The first-order chi connectivity index (χ1) is 7.24. The van der Waals surface area contributed by atoms with Crippen LogP contribution in [0.5, 0.6) is 0 Å². The van der Waals surface area contributed by atoms with Gasteiger partial charge in [-0.05, 0) is 12.5 Å². The maximum atomic E-state index is 10.7. The van der Waals surface area contributed by atoms with Gasteiger partial charge in [0.05, 0.1) is 6.61 Å². The normalized spacial score (nSPS) is 11.1. The Morgan fingerprint density at radius 3 is 2.67 bits per heavy atom. The fraction of sp³-hybridized carbons (Fsp3) is 0.700. The highest BCUT2D eigenvalue weighted by atomic mass is 28.2. The molecule has 0 amide bonds. The second-order valence-corrected chi connectivity index (χ2v) is 5.11. The lowest BCUT2D eigenvalue weighted by Crippen LogP contribution is -2.15. The molecular weight excluding hydrogens is 212 g/mol. The van der Waals surface area contributed by atoms with E-state index in [0.717, 1.165) is 18.5 Å². The quantitative estimate of drug-likeness (QED) is 0.193. The Kier molecular flexibility index (Phi) is 9.45. The van der Waals surface area contributed by atoms with Crippen molar-refractivity contribution >= 4 is 15.5 Å². The number of carbonyl (C=O) groups is 1. The lowest BCUT2D eigenvalue weighted by atomic mass is 10.5. The summed E-state index contributed by atoms with van der Waals surface area (Å²) in [6.07, 6.45) is 2.04. The van der Waals surface area contributed by atoms with E-state index in [1.807, 2.05) is 0 Å². The van der Waals surface area contributed by atoms with Crippen LogP contribution in [0.4, 0.5) is 0 Å². The maximum Gasteiger partial charge on any atom is 0.330 e. The largest absolute Gasteiger partial charge is 0.463 e. The van der Waals surface area contributed by atoms with Crippen LogP contribution in [-0.2, 0) is 19.0 Å². The van der Waals surface area contributed by atoms with Crippen molar-refractivity contribution in [2.75, 3.05) is 20.8 Å². The van der Waals surface area contributed by atoms with Crippen molar-refractivity contribution in [2.24, 2.45) is 0 Å². The van der Waals surface area contributed by atoms with Gasteiger partial charge in [-0.3, -0.25) is 0 Å². The topological polar surface area (TPSA) is 44.8 Å². The highest BCUT2D eigenvalue weighted by molar-refractivity contribution is 6.35. The van der Waals surface area contributed by atoms with Crippen molar-refractivity contribution in [1.82, 2.24) is 0 Å². The third-order valence-corrected chi connectivity index (χ3v) is 3.90. The zero-order valence-corrected chi connectivity index (χ0v) is 10.9. The summed E-state index contributed by atoms with van der Waals surface area (Å²) in [6, 6.07) is 2.13. The van der Waals surface area contributed by atoms with Crippen molar-refractivity contribution < 1.29 is 19.0 Å². The van der Waals surface area contributed by atoms with E-state index in [0.29, 0.717) is 6.61 Å². The van der Waals surface area contributed by atoms with Crippen molar-refractivity contribution in [3.05, 3.63) is 12.7 Å². The summed E-state index contributed by atoms with van der Waals surface area (Å²) in [7, 11) is 3.12. The second kappa shape index (κ2) is 9.89. The molecule has 0 saturated carbocycles. The Morgan fingerprint density at radius 2 is 2.13 bits per heavy atom. The number of methoxy groups -OCH3 is 2. The van der Waals surface area contributed by atoms with Crippen molar-refractivity contribution in [1.29, 1.82) is 0 Å². The first-order valence-corrected chi connectivity index (χ1v) is 7.09. The number of hydrogen-bond donors (Lipinski definition) is 0. The predicted molar refractivity (Wildman–Crippen MR) is 61.7 cm³/mol. The summed E-state index contributed by atoms with van der Waals surface area (Å²) < 4.78 is 15.0. The molecule has 4 nitrogen and oxygen atoms in total. The number of hydrogen-bond acceptors (Lipinski definition) is 4. The van der Waals surface area contributed by atoms with E-state index < -0.39 is 0 Å². The molecule has 0 fully saturated rings. The molecule has 0 spiro atoms. The number of carbonyl (C=O) groups excluding carboxylic acids is 1. The Balaban J connectivity index is 3.24. The van der Waals surface area contributed by atoms with E-state index in [4.69, 9.17) is 14.2 Å². The van der Waals surface area contributed by atoms with Gasteiger partial charge in [-0.2, -0.15) is 0 Å². The lowest BCUT2D eigenvalue weighted by molar-refractivity contribution is -0.137. The summed E-state index contributed by atoms with van der Waals surface area (Å²) in [5.41, 5.74) is 0. The van der Waals surface area contributed by atoms with Crippen LogP contribution in [0.1, 0.15) is 6.42 Å². The molecule has 88 valence electrons. The number of rotatable bonds is 9. The fourth-order valence-electron chi connectivity index (χ4n) is 1.15. The van der Waals surface area contributed by atoms with Gasteiger partial charge in [0.15, 0.2) is 6.29 Å². The van der Waals surface area contributed by atoms with E-state index in [1.54, 1.807) is 14.2 Å². The average molecular weight is 232 g/mol. The molecule has 0 aliphatic heterocycles. The minimum atomic E-state index is -0.344. The third kappa shape index (κ3) is 8.35. The molecule has 0 aromatic rings. The molecule has 0 saturated heterocycles. The first-order valence-electron chi connectivity index (χ1n) is 5.09. The summed E-state index contributed by atoms with van der Waals surface area (Å²) in [5, 5.41) is 0. The molecule has 0 atom stereocenters. The van der Waals surface area contributed by atoms with Gasteiger partial charge in [0, 0.05) is 29.8 Å². The van der Waals surface area contributed by atoms with Crippen molar-refractivity contribution in [3.63, 3.8) is 0 Å². The van der Waals surface area contributed by atoms with Gasteiger partial charge in [-0.15, -0.1) is 0 Å². The van der Waals surface area contributed by atoms with Crippen molar-refractivity contribution in [3.8, 4) is 0 Å². The van der Waals surface area contributed by atoms with Gasteiger partial charge in [-0.25, -0.2) is 4.79 Å². The van der Waals surface area contributed by atoms with Crippen molar-refractivity contribution in [2.45, 2.75) is 24.8 Å². The van der Waals surface area contributed by atoms with Gasteiger partial charge >= 0.3 is 5.97 Å². The summed E-state index contributed by atoms with van der Waals surface area (Å²) in [6.45, 7) is 3.81. The van der Waals surface area contributed by atoms with Crippen LogP contribution in [0.25, 0.3) is 0 Å². The SMILES string of the molecule is C=CC(=O)OCCC[SiH2]CC(OC)OC. The van der Waals surface area contributed by atoms with Gasteiger partial charge in [-0.1, -0.05) is 12.6 Å². The highest BCUT2D eigenvalue weighted by Crippen LogP contribution is 2.01. The average Bonchev–Trinajstić information content (AvgIpc) is 2.28. The van der Waals surface area contributed by atoms with Crippen LogP contribution in [0.15, 0.2) is 12.7 Å². The van der Waals surface area contributed by atoms with Gasteiger partial charge < -0.3 is 14.2 Å². The molecular formula is C10H20O4Si. The number of ether oxygens (including phenoxy) is 3. The van der Waals surface area contributed by atoms with E-state index in [9.17, 15) is 4.79 Å². The third-order valence-electron chi connectivity index (χ3n) is 2.02. The Labute approximate surface area is 93.4 Å². The molecule has 0 bridgehead atoms. The van der Waals surface area contributed by atoms with E-state index >= 15 is 0 Å². The molecule has 0 radical (unpaired) electrons. The number of esters is 1. The van der Waals surface area contributed by atoms with Crippen LogP contribution in [0.3, 0.4) is 0 Å². The van der Waals surface area contributed by atoms with Crippen LogP contribution >= 0.6 is 0 Å². The molecule has 0 N–H and O–H groups in total. The molecule has 0 unspecified atom stereocenters. The van der Waals surface area contributed by atoms with E-state index in [-0.39, 0.29) is 21.8 Å². The Bertz CT molecular complexity index is 180. The summed E-state index contributed by atoms with van der Waals surface area (Å²) >= 11 is 0. The van der Waals surface area contributed by atoms with Crippen LogP contribution in [-0.4, -0.2) is 42.6 Å². The maximum absolute atomic E-state index is 10.7. The predicted octanol–water partition coefficient (Wildman–Crippen LogP) is 0.730. The molecule has 5 heteroatoms. The van der Waals surface area contributed by atoms with Gasteiger partial charge in [0.2, 0.25) is 0 Å². The minimum absolute atomic E-state index is 0.0626. The Hall–Kier alpha value is -0.653. The molecule has 0 aromatic heterocycles. The second-order valence-electron chi connectivity index (χ2n) is 3.12. The minimum Gasteiger partial charge on any atom is -0.463 e. The molecule has 15 heavy (non-hydrogen) atoms. The molecule has 0 rings (SSSR count). The molecule has 0 aromatic carbocycles. The van der Waals surface area contributed by atoms with Crippen LogP contribution in [0.2, 0.25) is 12.1 Å². The first kappa shape index (κ1) is 14.3. The standard InChI is InChI=1S/C10H20O4Si/c1-4-9(11)14-6-5-7-15-8-10(12-2)13-3/h4,10H,1,5-8,15H2,2-3H3. The smallest absolute Gasteiger partial charge is 0.330 e.